The third kappa shape index (κ3) is 6.46. The van der Waals surface area contributed by atoms with Gasteiger partial charge in [0.25, 0.3) is 0 Å². The second-order valence-corrected chi connectivity index (χ2v) is 6.96. The number of rotatable bonds is 9. The van der Waals surface area contributed by atoms with E-state index in [-0.39, 0.29) is 29.4 Å². The van der Waals surface area contributed by atoms with Crippen LogP contribution < -0.4 is 5.32 Å². The van der Waals surface area contributed by atoms with Crippen molar-refractivity contribution in [1.82, 2.24) is 5.32 Å². The molecule has 1 N–H and O–H groups in total. The van der Waals surface area contributed by atoms with Gasteiger partial charge in [-0.25, -0.2) is 4.79 Å². The van der Waals surface area contributed by atoms with Gasteiger partial charge >= 0.3 is 5.97 Å². The average molecular weight is 337 g/mol. The van der Waals surface area contributed by atoms with Gasteiger partial charge in [-0.05, 0) is 37.5 Å². The quantitative estimate of drug-likeness (QED) is 0.518. The fraction of sp³-hybridized carbons (Fsp3) is 0.737. The van der Waals surface area contributed by atoms with Crippen molar-refractivity contribution in [3.05, 3.63) is 12.2 Å². The molecule has 0 aliphatic heterocycles. The van der Waals surface area contributed by atoms with Gasteiger partial charge in [0, 0.05) is 18.8 Å². The van der Waals surface area contributed by atoms with Crippen molar-refractivity contribution >= 4 is 17.7 Å². The molecule has 5 heteroatoms. The summed E-state index contributed by atoms with van der Waals surface area (Å²) in [4.78, 5) is 36.2. The number of hydrogen-bond donors (Lipinski definition) is 1. The minimum atomic E-state index is -0.613. The highest BCUT2D eigenvalue weighted by Crippen LogP contribution is 2.34. The first-order valence-corrected chi connectivity index (χ1v) is 8.93. The van der Waals surface area contributed by atoms with E-state index in [0.717, 1.165) is 12.8 Å². The summed E-state index contributed by atoms with van der Waals surface area (Å²) >= 11 is 0. The topological polar surface area (TPSA) is 72.5 Å². The van der Waals surface area contributed by atoms with Crippen molar-refractivity contribution in [2.45, 2.75) is 65.3 Å². The summed E-state index contributed by atoms with van der Waals surface area (Å²) in [6, 6.07) is -0.613. The van der Waals surface area contributed by atoms with E-state index in [1.54, 1.807) is 0 Å². The van der Waals surface area contributed by atoms with Crippen LogP contribution in [-0.2, 0) is 19.1 Å². The lowest BCUT2D eigenvalue weighted by Gasteiger charge is -2.21. The predicted molar refractivity (Wildman–Crippen MR) is 93.3 cm³/mol. The lowest BCUT2D eigenvalue weighted by atomic mass is 9.89. The van der Waals surface area contributed by atoms with Gasteiger partial charge in [-0.3, -0.25) is 9.59 Å². The van der Waals surface area contributed by atoms with Crippen LogP contribution in [0, 0.1) is 17.8 Å². The summed E-state index contributed by atoms with van der Waals surface area (Å²) in [7, 11) is 1.33. The maximum Gasteiger partial charge on any atom is 0.328 e. The molecule has 3 unspecified atom stereocenters. The lowest BCUT2D eigenvalue weighted by molar-refractivity contribution is -0.145. The second-order valence-electron chi connectivity index (χ2n) is 6.96. The van der Waals surface area contributed by atoms with Crippen molar-refractivity contribution in [1.29, 1.82) is 0 Å². The second kappa shape index (κ2) is 10.3. The molecule has 5 nitrogen and oxygen atoms in total. The molecule has 1 rings (SSSR count). The first-order valence-electron chi connectivity index (χ1n) is 8.93. The van der Waals surface area contributed by atoms with Crippen molar-refractivity contribution in [2.24, 2.45) is 17.8 Å². The number of methoxy groups -OCH3 is 1. The van der Waals surface area contributed by atoms with Crippen LogP contribution >= 0.6 is 0 Å². The zero-order chi connectivity index (χ0) is 18.1. The maximum atomic E-state index is 12.3. The zero-order valence-electron chi connectivity index (χ0n) is 15.3. The number of ketones is 1. The summed E-state index contributed by atoms with van der Waals surface area (Å²) in [5.41, 5.74) is 0. The van der Waals surface area contributed by atoms with Crippen LogP contribution in [0.3, 0.4) is 0 Å². The fourth-order valence-electron chi connectivity index (χ4n) is 3.27. The number of amides is 1. The molecule has 0 aromatic rings. The molecule has 0 spiro atoms. The summed E-state index contributed by atoms with van der Waals surface area (Å²) in [6.07, 6.45) is 7.89. The Morgan fingerprint density at radius 2 is 2.04 bits per heavy atom. The van der Waals surface area contributed by atoms with E-state index in [9.17, 15) is 14.4 Å². The molecule has 136 valence electrons. The minimum absolute atomic E-state index is 0.0661. The molecular formula is C19H31NO4. The fourth-order valence-corrected chi connectivity index (χ4v) is 3.27. The van der Waals surface area contributed by atoms with Crippen LogP contribution in [0.5, 0.6) is 0 Å². The Hall–Kier alpha value is -1.65. The van der Waals surface area contributed by atoms with Crippen molar-refractivity contribution in [2.75, 3.05) is 7.11 Å². The number of carbonyl (C=O) groups is 3. The highest BCUT2D eigenvalue weighted by Gasteiger charge is 2.35. The van der Waals surface area contributed by atoms with Gasteiger partial charge in [-0.2, -0.15) is 0 Å². The molecule has 0 saturated heterocycles. The van der Waals surface area contributed by atoms with Gasteiger partial charge in [0.15, 0.2) is 0 Å². The summed E-state index contributed by atoms with van der Waals surface area (Å²) < 4.78 is 4.77. The monoisotopic (exact) mass is 337 g/mol. The van der Waals surface area contributed by atoms with Crippen LogP contribution in [0.15, 0.2) is 12.2 Å². The zero-order valence-corrected chi connectivity index (χ0v) is 15.3. The maximum absolute atomic E-state index is 12.3. The normalized spacial score (nSPS) is 22.1. The minimum Gasteiger partial charge on any atom is -0.467 e. The summed E-state index contributed by atoms with van der Waals surface area (Å²) in [6.45, 7) is 6.04. The van der Waals surface area contributed by atoms with Crippen molar-refractivity contribution in [3.8, 4) is 0 Å². The molecule has 0 aromatic heterocycles. The third-order valence-corrected chi connectivity index (χ3v) is 4.51. The van der Waals surface area contributed by atoms with Gasteiger partial charge in [0.05, 0.1) is 7.11 Å². The Balaban J connectivity index is 2.62. The Kier molecular flexibility index (Phi) is 8.72. The van der Waals surface area contributed by atoms with E-state index in [4.69, 9.17) is 4.74 Å². The third-order valence-electron chi connectivity index (χ3n) is 4.51. The van der Waals surface area contributed by atoms with E-state index in [1.165, 1.54) is 7.11 Å². The van der Waals surface area contributed by atoms with Gasteiger partial charge in [-0.15, -0.1) is 0 Å². The average Bonchev–Trinajstić information content (AvgIpc) is 2.86. The first-order chi connectivity index (χ1) is 11.4. The highest BCUT2D eigenvalue weighted by molar-refractivity contribution is 5.87. The van der Waals surface area contributed by atoms with Crippen molar-refractivity contribution < 1.29 is 19.1 Å². The number of nitrogens with one attached hydrogen (secondary N) is 1. The largest absolute Gasteiger partial charge is 0.467 e. The van der Waals surface area contributed by atoms with Gasteiger partial charge in [-0.1, -0.05) is 32.9 Å². The van der Waals surface area contributed by atoms with Crippen LogP contribution in [0.1, 0.15) is 59.3 Å². The standard InChI is InChI=1S/C19H31NO4/c1-5-6-7-8-15-14(9-10-17(15)21)12-18(22)20-16(11-13(2)3)19(23)24-4/h6-7,13-16H,5,8-12H2,1-4H3,(H,20,22)/b7-6-. The van der Waals surface area contributed by atoms with Crippen LogP contribution in [0.2, 0.25) is 0 Å². The molecule has 24 heavy (non-hydrogen) atoms. The smallest absolute Gasteiger partial charge is 0.328 e. The summed E-state index contributed by atoms with van der Waals surface area (Å²) in [5, 5.41) is 2.79. The number of allylic oxidation sites excluding steroid dienone is 2. The number of hydrogen-bond acceptors (Lipinski definition) is 4. The molecule has 0 bridgehead atoms. The number of carbonyl (C=O) groups excluding carboxylic acids is 3. The molecule has 1 amide bonds. The Morgan fingerprint density at radius 1 is 1.33 bits per heavy atom. The molecule has 0 aromatic carbocycles. The Morgan fingerprint density at radius 3 is 2.62 bits per heavy atom. The number of esters is 1. The lowest BCUT2D eigenvalue weighted by Crippen LogP contribution is -2.43. The molecule has 1 fully saturated rings. The van der Waals surface area contributed by atoms with E-state index in [0.29, 0.717) is 25.7 Å². The molecule has 1 aliphatic rings. The number of Topliss-reactive ketones (excluding diaryl/α,β-unsaturated/α-hetero) is 1. The first kappa shape index (κ1) is 20.4. The molecule has 0 radical (unpaired) electrons. The highest BCUT2D eigenvalue weighted by atomic mass is 16.5. The van der Waals surface area contributed by atoms with E-state index in [1.807, 2.05) is 19.9 Å². The molecular weight excluding hydrogens is 306 g/mol. The van der Waals surface area contributed by atoms with Gasteiger partial charge in [0.1, 0.15) is 11.8 Å². The predicted octanol–water partition coefficient (Wildman–Crippen LogP) is 3.03. The van der Waals surface area contributed by atoms with Crippen LogP contribution in [-0.4, -0.2) is 30.8 Å². The molecule has 1 aliphatic carbocycles. The Bertz CT molecular complexity index is 470. The molecule has 3 atom stereocenters. The van der Waals surface area contributed by atoms with Gasteiger partial charge < -0.3 is 10.1 Å². The molecule has 1 saturated carbocycles. The Labute approximate surface area is 145 Å². The van der Waals surface area contributed by atoms with Crippen LogP contribution in [0.25, 0.3) is 0 Å². The van der Waals surface area contributed by atoms with E-state index >= 15 is 0 Å². The van der Waals surface area contributed by atoms with Crippen molar-refractivity contribution in [3.63, 3.8) is 0 Å². The van der Waals surface area contributed by atoms with Gasteiger partial charge in [0.2, 0.25) is 5.91 Å². The number of ether oxygens (including phenoxy) is 1. The summed E-state index contributed by atoms with van der Waals surface area (Å²) in [5.74, 6) is -0.0663. The SMILES string of the molecule is CC/C=C\CC1C(=O)CCC1CC(=O)NC(CC(C)C)C(=O)OC. The van der Waals surface area contributed by atoms with E-state index < -0.39 is 12.0 Å². The molecule has 0 heterocycles. The van der Waals surface area contributed by atoms with E-state index in [2.05, 4.69) is 18.3 Å². The van der Waals surface area contributed by atoms with Crippen LogP contribution in [0.4, 0.5) is 0 Å².